The maximum absolute atomic E-state index is 12.5. The fourth-order valence-electron chi connectivity index (χ4n) is 3.28. The highest BCUT2D eigenvalue weighted by Gasteiger charge is 2.14. The zero-order valence-electron chi connectivity index (χ0n) is 14.9. The van der Waals surface area contributed by atoms with Gasteiger partial charge in [-0.1, -0.05) is 30.3 Å². The molecule has 138 valence electrons. The van der Waals surface area contributed by atoms with E-state index >= 15 is 0 Å². The van der Waals surface area contributed by atoms with Crippen LogP contribution in [-0.4, -0.2) is 22.6 Å². The third-order valence-electron chi connectivity index (χ3n) is 4.72. The molecule has 0 radical (unpaired) electrons. The second-order valence-corrected chi connectivity index (χ2v) is 6.60. The van der Waals surface area contributed by atoms with Gasteiger partial charge in [-0.25, -0.2) is 0 Å². The monoisotopic (exact) mass is 363 g/mol. The lowest BCUT2D eigenvalue weighted by Crippen LogP contribution is -2.27. The summed E-state index contributed by atoms with van der Waals surface area (Å²) in [4.78, 5) is 30.0. The number of hydrogen-bond acceptors (Lipinski definition) is 4. The molecule has 1 aromatic carbocycles. The number of anilines is 1. The molecule has 6 nitrogen and oxygen atoms in total. The summed E-state index contributed by atoms with van der Waals surface area (Å²) >= 11 is 0. The highest BCUT2D eigenvalue weighted by atomic mass is 16.5. The highest BCUT2D eigenvalue weighted by Crippen LogP contribution is 2.17. The van der Waals surface area contributed by atoms with Gasteiger partial charge in [0.15, 0.2) is 0 Å². The lowest BCUT2D eigenvalue weighted by molar-refractivity contribution is 0.305. The lowest BCUT2D eigenvalue weighted by atomic mass is 10.2. The fourth-order valence-corrected chi connectivity index (χ4v) is 3.28. The van der Waals surface area contributed by atoms with Crippen LogP contribution in [0, 0.1) is 0 Å². The maximum atomic E-state index is 12.5. The molecule has 0 atom stereocenters. The van der Waals surface area contributed by atoms with Gasteiger partial charge in [0.1, 0.15) is 23.9 Å². The zero-order chi connectivity index (χ0) is 18.6. The topological polar surface area (TPSA) is 67.3 Å². The van der Waals surface area contributed by atoms with Crippen molar-refractivity contribution in [3.8, 4) is 11.4 Å². The summed E-state index contributed by atoms with van der Waals surface area (Å²) in [7, 11) is 0. The molecule has 0 bridgehead atoms. The molecule has 0 saturated carbocycles. The second kappa shape index (κ2) is 7.53. The van der Waals surface area contributed by atoms with Gasteiger partial charge in [-0.3, -0.25) is 14.2 Å². The molecular formula is C21H21N3O3. The Labute approximate surface area is 156 Å². The van der Waals surface area contributed by atoms with Gasteiger partial charge in [-0.15, -0.1) is 0 Å². The minimum atomic E-state index is -0.306. The molecule has 1 aliphatic rings. The molecular weight excluding hydrogens is 342 g/mol. The van der Waals surface area contributed by atoms with Crippen LogP contribution in [0.5, 0.6) is 5.75 Å². The average molecular weight is 363 g/mol. The number of hydrogen-bond donors (Lipinski definition) is 1. The number of aromatic nitrogens is 2. The number of pyridine rings is 2. The molecule has 27 heavy (non-hydrogen) atoms. The SMILES string of the molecule is O=c1[nH]c(N2CCCC2)ccc1-n1ccc(OCc2ccccc2)cc1=O. The Balaban J connectivity index is 1.54. The summed E-state index contributed by atoms with van der Waals surface area (Å²) in [6.07, 6.45) is 3.84. The molecule has 0 amide bonds. The van der Waals surface area contributed by atoms with Gasteiger partial charge >= 0.3 is 0 Å². The summed E-state index contributed by atoms with van der Waals surface area (Å²) in [5, 5.41) is 0. The van der Waals surface area contributed by atoms with Crippen molar-refractivity contribution in [1.82, 2.24) is 9.55 Å². The van der Waals surface area contributed by atoms with E-state index < -0.39 is 0 Å². The van der Waals surface area contributed by atoms with E-state index in [1.807, 2.05) is 36.4 Å². The standard InChI is InChI=1S/C21H21N3O3/c25-20-14-17(27-15-16-6-2-1-3-7-16)10-13-24(20)18-8-9-19(22-21(18)26)23-11-4-5-12-23/h1-3,6-10,13-14H,4-5,11-12,15H2,(H,22,26). The minimum Gasteiger partial charge on any atom is -0.489 e. The van der Waals surface area contributed by atoms with Crippen molar-refractivity contribution in [2.75, 3.05) is 18.0 Å². The molecule has 3 heterocycles. The van der Waals surface area contributed by atoms with Gasteiger partial charge in [-0.05, 0) is 36.6 Å². The Bertz CT molecular complexity index is 1030. The average Bonchev–Trinajstić information content (AvgIpc) is 3.23. The van der Waals surface area contributed by atoms with Gasteiger partial charge in [0, 0.05) is 25.4 Å². The van der Waals surface area contributed by atoms with Crippen LogP contribution in [0.15, 0.2) is 70.4 Å². The zero-order valence-corrected chi connectivity index (χ0v) is 14.9. The van der Waals surface area contributed by atoms with Crippen molar-refractivity contribution in [2.45, 2.75) is 19.4 Å². The molecule has 0 aliphatic carbocycles. The van der Waals surface area contributed by atoms with E-state index in [0.29, 0.717) is 18.0 Å². The van der Waals surface area contributed by atoms with Gasteiger partial charge in [0.25, 0.3) is 11.1 Å². The summed E-state index contributed by atoms with van der Waals surface area (Å²) in [5.41, 5.74) is 0.743. The van der Waals surface area contributed by atoms with Crippen LogP contribution in [0.2, 0.25) is 0 Å². The first-order chi connectivity index (χ1) is 13.2. The Morgan fingerprint density at radius 3 is 2.44 bits per heavy atom. The largest absolute Gasteiger partial charge is 0.489 e. The third kappa shape index (κ3) is 3.79. The van der Waals surface area contributed by atoms with Crippen LogP contribution in [0.1, 0.15) is 18.4 Å². The van der Waals surface area contributed by atoms with E-state index in [-0.39, 0.29) is 11.1 Å². The molecule has 1 aliphatic heterocycles. The number of H-pyrrole nitrogens is 1. The van der Waals surface area contributed by atoms with Gasteiger partial charge < -0.3 is 14.6 Å². The summed E-state index contributed by atoms with van der Waals surface area (Å²) in [6, 6.07) is 16.4. The van der Waals surface area contributed by atoms with Crippen molar-refractivity contribution in [3.63, 3.8) is 0 Å². The Morgan fingerprint density at radius 1 is 0.963 bits per heavy atom. The summed E-state index contributed by atoms with van der Waals surface area (Å²) < 4.78 is 7.01. The van der Waals surface area contributed by atoms with Crippen LogP contribution in [0.4, 0.5) is 5.82 Å². The third-order valence-corrected chi connectivity index (χ3v) is 4.72. The maximum Gasteiger partial charge on any atom is 0.273 e. The molecule has 1 saturated heterocycles. The summed E-state index contributed by atoms with van der Waals surface area (Å²) in [5.74, 6) is 1.28. The first-order valence-electron chi connectivity index (χ1n) is 9.09. The van der Waals surface area contributed by atoms with Crippen molar-refractivity contribution >= 4 is 5.82 Å². The molecule has 0 spiro atoms. The predicted molar refractivity (Wildman–Crippen MR) is 105 cm³/mol. The van der Waals surface area contributed by atoms with E-state index in [2.05, 4.69) is 9.88 Å². The van der Waals surface area contributed by atoms with Crippen LogP contribution in [0.25, 0.3) is 5.69 Å². The van der Waals surface area contributed by atoms with Crippen LogP contribution in [-0.2, 0) is 6.61 Å². The van der Waals surface area contributed by atoms with Crippen LogP contribution >= 0.6 is 0 Å². The number of nitrogens with one attached hydrogen (secondary N) is 1. The number of aromatic amines is 1. The van der Waals surface area contributed by atoms with Crippen LogP contribution < -0.4 is 20.8 Å². The van der Waals surface area contributed by atoms with E-state index in [9.17, 15) is 9.59 Å². The van der Waals surface area contributed by atoms with Crippen LogP contribution in [0.3, 0.4) is 0 Å². The number of ether oxygens (including phenoxy) is 1. The number of nitrogens with zero attached hydrogens (tertiary/aromatic N) is 2. The molecule has 3 aromatic rings. The van der Waals surface area contributed by atoms with Gasteiger partial charge in [0.2, 0.25) is 0 Å². The van der Waals surface area contributed by atoms with Crippen molar-refractivity contribution in [3.05, 3.63) is 87.1 Å². The fraction of sp³-hybridized carbons (Fsp3) is 0.238. The van der Waals surface area contributed by atoms with E-state index in [0.717, 1.165) is 37.3 Å². The van der Waals surface area contributed by atoms with Gasteiger partial charge in [-0.2, -0.15) is 0 Å². The Morgan fingerprint density at radius 2 is 1.74 bits per heavy atom. The number of benzene rings is 1. The molecule has 1 N–H and O–H groups in total. The lowest BCUT2D eigenvalue weighted by Gasteiger charge is -2.17. The predicted octanol–water partition coefficient (Wildman–Crippen LogP) is 2.71. The van der Waals surface area contributed by atoms with Crippen molar-refractivity contribution in [2.24, 2.45) is 0 Å². The first kappa shape index (κ1) is 17.1. The minimum absolute atomic E-state index is 0.278. The summed E-state index contributed by atoms with van der Waals surface area (Å²) in [6.45, 7) is 2.28. The van der Waals surface area contributed by atoms with E-state index in [4.69, 9.17) is 4.74 Å². The Hall–Kier alpha value is -3.28. The molecule has 0 unspecified atom stereocenters. The van der Waals surface area contributed by atoms with Crippen molar-refractivity contribution < 1.29 is 4.74 Å². The second-order valence-electron chi connectivity index (χ2n) is 6.60. The molecule has 2 aromatic heterocycles. The Kier molecular flexibility index (Phi) is 4.78. The number of rotatable bonds is 5. The van der Waals surface area contributed by atoms with E-state index in [1.165, 1.54) is 10.6 Å². The molecule has 1 fully saturated rings. The van der Waals surface area contributed by atoms with Gasteiger partial charge in [0.05, 0.1) is 0 Å². The first-order valence-corrected chi connectivity index (χ1v) is 9.09. The smallest absolute Gasteiger partial charge is 0.273 e. The van der Waals surface area contributed by atoms with Crippen molar-refractivity contribution in [1.29, 1.82) is 0 Å². The highest BCUT2D eigenvalue weighted by molar-refractivity contribution is 5.44. The quantitative estimate of drug-likeness (QED) is 0.757. The van der Waals surface area contributed by atoms with E-state index in [1.54, 1.807) is 18.3 Å². The normalized spacial score (nSPS) is 13.7. The molecule has 6 heteroatoms. The molecule has 4 rings (SSSR count).